The molecule has 0 bridgehead atoms. The highest BCUT2D eigenvalue weighted by atomic mass is 32.2. The Hall–Kier alpha value is -1.52. The van der Waals surface area contributed by atoms with Crippen molar-refractivity contribution in [3.05, 3.63) is 6.33 Å². The van der Waals surface area contributed by atoms with Crippen LogP contribution in [0.5, 0.6) is 0 Å². The lowest BCUT2D eigenvalue weighted by Gasteiger charge is -2.19. The third-order valence-corrected chi connectivity index (χ3v) is 4.60. The molecule has 0 radical (unpaired) electrons. The molecule has 1 aromatic heterocycles. The number of aromatic nitrogens is 3. The summed E-state index contributed by atoms with van der Waals surface area (Å²) >= 11 is 0. The molecule has 0 aliphatic heterocycles. The van der Waals surface area contributed by atoms with Gasteiger partial charge < -0.3 is 14.4 Å². The highest BCUT2D eigenvalue weighted by Gasteiger charge is 2.22. The average Bonchev–Trinajstić information content (AvgIpc) is 3.05. The maximum Gasteiger partial charge on any atom is 0.346 e. The monoisotopic (exact) mass is 362 g/mol. The van der Waals surface area contributed by atoms with Gasteiger partial charge in [0.1, 0.15) is 6.33 Å². The van der Waals surface area contributed by atoms with E-state index in [0.29, 0.717) is 32.9 Å². The van der Waals surface area contributed by atoms with Gasteiger partial charge in [0.05, 0.1) is 19.0 Å². The Labute approximate surface area is 142 Å². The minimum absolute atomic E-state index is 0.0666. The molecule has 138 valence electrons. The molecule has 1 aromatic rings. The summed E-state index contributed by atoms with van der Waals surface area (Å²) in [4.78, 5) is 17.6. The van der Waals surface area contributed by atoms with Crippen LogP contribution in [0.4, 0.5) is 4.79 Å². The zero-order chi connectivity index (χ0) is 18.0. The first kappa shape index (κ1) is 20.5. The number of sulfone groups is 1. The van der Waals surface area contributed by atoms with Crippen LogP contribution in [0.3, 0.4) is 0 Å². The van der Waals surface area contributed by atoms with Crippen molar-refractivity contribution in [1.82, 2.24) is 19.7 Å². The van der Waals surface area contributed by atoms with Gasteiger partial charge >= 0.3 is 6.03 Å². The fraction of sp³-hybridized carbons (Fsp3) is 0.786. The molecule has 0 saturated heterocycles. The van der Waals surface area contributed by atoms with Crippen LogP contribution < -0.4 is 0 Å². The molecule has 1 rings (SSSR count). The van der Waals surface area contributed by atoms with E-state index in [1.165, 1.54) is 4.90 Å². The van der Waals surface area contributed by atoms with Crippen LogP contribution in [-0.2, 0) is 19.3 Å². The SMILES string of the molecule is CCCOCCN(CC)C(=O)n1cnc(S(=O)(=O)CCOCC)n1. The van der Waals surface area contributed by atoms with Gasteiger partial charge in [-0.05, 0) is 20.3 Å². The maximum absolute atomic E-state index is 12.4. The molecule has 0 saturated carbocycles. The summed E-state index contributed by atoms with van der Waals surface area (Å²) in [5.41, 5.74) is 0. The number of hydrogen-bond acceptors (Lipinski definition) is 7. The summed E-state index contributed by atoms with van der Waals surface area (Å²) in [5, 5.41) is 3.44. The minimum Gasteiger partial charge on any atom is -0.381 e. The molecule has 0 aliphatic carbocycles. The smallest absolute Gasteiger partial charge is 0.346 e. The lowest BCUT2D eigenvalue weighted by Crippen LogP contribution is -2.37. The van der Waals surface area contributed by atoms with Crippen LogP contribution in [0.1, 0.15) is 27.2 Å². The number of carbonyl (C=O) groups is 1. The van der Waals surface area contributed by atoms with Crippen molar-refractivity contribution in [3.63, 3.8) is 0 Å². The fourth-order valence-corrected chi connectivity index (χ4v) is 2.78. The largest absolute Gasteiger partial charge is 0.381 e. The first-order valence-corrected chi connectivity index (χ1v) is 9.70. The van der Waals surface area contributed by atoms with Crippen LogP contribution in [0.2, 0.25) is 0 Å². The van der Waals surface area contributed by atoms with E-state index in [1.807, 2.05) is 13.8 Å². The summed E-state index contributed by atoms with van der Waals surface area (Å²) in [6.07, 6.45) is 2.03. The fourth-order valence-electron chi connectivity index (χ4n) is 1.84. The van der Waals surface area contributed by atoms with Gasteiger partial charge in [0.25, 0.3) is 5.16 Å². The number of nitrogens with zero attached hydrogens (tertiary/aromatic N) is 4. The highest BCUT2D eigenvalue weighted by molar-refractivity contribution is 7.91. The van der Waals surface area contributed by atoms with E-state index in [9.17, 15) is 13.2 Å². The van der Waals surface area contributed by atoms with Gasteiger partial charge in [-0.15, -0.1) is 5.10 Å². The molecule has 9 nitrogen and oxygen atoms in total. The van der Waals surface area contributed by atoms with Gasteiger partial charge in [0.2, 0.25) is 9.84 Å². The Balaban J connectivity index is 2.70. The summed E-state index contributed by atoms with van der Waals surface area (Å²) in [7, 11) is -3.67. The second kappa shape index (κ2) is 10.4. The van der Waals surface area contributed by atoms with E-state index < -0.39 is 15.9 Å². The first-order chi connectivity index (χ1) is 11.5. The second-order valence-electron chi connectivity index (χ2n) is 4.96. The Bertz CT molecular complexity index is 602. The molecule has 1 amide bonds. The van der Waals surface area contributed by atoms with Crippen LogP contribution in [0.15, 0.2) is 11.5 Å². The van der Waals surface area contributed by atoms with E-state index in [2.05, 4.69) is 10.1 Å². The summed E-state index contributed by atoms with van der Waals surface area (Å²) < 4.78 is 35.5. The molecule has 10 heteroatoms. The number of ether oxygens (including phenoxy) is 2. The predicted molar refractivity (Wildman–Crippen MR) is 87.7 cm³/mol. The average molecular weight is 362 g/mol. The standard InChI is InChI=1S/C14H26N4O5S/c1-4-8-23-9-7-17(5-2)14(19)18-12-15-13(16-18)24(20,21)11-10-22-6-3/h12H,4-11H2,1-3H3. The minimum atomic E-state index is -3.67. The van der Waals surface area contributed by atoms with Crippen molar-refractivity contribution in [2.75, 3.05) is 45.3 Å². The van der Waals surface area contributed by atoms with Gasteiger partial charge in [0, 0.05) is 26.3 Å². The van der Waals surface area contributed by atoms with Crippen molar-refractivity contribution < 1.29 is 22.7 Å². The van der Waals surface area contributed by atoms with Crippen molar-refractivity contribution in [3.8, 4) is 0 Å². The zero-order valence-electron chi connectivity index (χ0n) is 14.5. The normalized spacial score (nSPS) is 11.6. The molecular formula is C14H26N4O5S. The molecule has 0 unspecified atom stereocenters. The molecule has 0 aromatic carbocycles. The summed E-state index contributed by atoms with van der Waals surface area (Å²) in [6, 6.07) is -0.434. The Morgan fingerprint density at radius 2 is 1.96 bits per heavy atom. The molecule has 1 heterocycles. The topological polar surface area (TPSA) is 104 Å². The van der Waals surface area contributed by atoms with E-state index in [-0.39, 0.29) is 17.5 Å². The molecule has 0 N–H and O–H groups in total. The van der Waals surface area contributed by atoms with Crippen LogP contribution in [0, 0.1) is 0 Å². The number of carbonyl (C=O) groups excluding carboxylic acids is 1. The van der Waals surface area contributed by atoms with E-state index in [1.54, 1.807) is 6.92 Å². The van der Waals surface area contributed by atoms with Gasteiger partial charge in [-0.2, -0.15) is 4.68 Å². The molecule has 0 atom stereocenters. The first-order valence-electron chi connectivity index (χ1n) is 8.05. The van der Waals surface area contributed by atoms with Gasteiger partial charge in [0.15, 0.2) is 0 Å². The highest BCUT2D eigenvalue weighted by Crippen LogP contribution is 2.05. The Kier molecular flexibility index (Phi) is 8.87. The van der Waals surface area contributed by atoms with E-state index in [0.717, 1.165) is 17.4 Å². The quantitative estimate of drug-likeness (QED) is 0.536. The number of amides is 1. The Morgan fingerprint density at radius 1 is 1.21 bits per heavy atom. The second-order valence-corrected chi connectivity index (χ2v) is 6.97. The van der Waals surface area contributed by atoms with Gasteiger partial charge in [-0.25, -0.2) is 18.2 Å². The predicted octanol–water partition coefficient (Wildman–Crippen LogP) is 0.805. The molecule has 0 fully saturated rings. The number of likely N-dealkylation sites (N-methyl/N-ethyl adjacent to an activating group) is 1. The maximum atomic E-state index is 12.4. The van der Waals surface area contributed by atoms with Crippen molar-refractivity contribution in [1.29, 1.82) is 0 Å². The van der Waals surface area contributed by atoms with E-state index in [4.69, 9.17) is 9.47 Å². The molecule has 0 aliphatic rings. The van der Waals surface area contributed by atoms with E-state index >= 15 is 0 Å². The van der Waals surface area contributed by atoms with Crippen molar-refractivity contribution >= 4 is 15.9 Å². The molecular weight excluding hydrogens is 336 g/mol. The molecule has 0 spiro atoms. The number of hydrogen-bond donors (Lipinski definition) is 0. The lowest BCUT2D eigenvalue weighted by atomic mass is 10.5. The van der Waals surface area contributed by atoms with Crippen molar-refractivity contribution in [2.45, 2.75) is 32.3 Å². The number of rotatable bonds is 11. The summed E-state index contributed by atoms with van der Waals surface area (Å²) in [6.45, 7) is 8.03. The molecule has 24 heavy (non-hydrogen) atoms. The van der Waals surface area contributed by atoms with Crippen LogP contribution in [-0.4, -0.2) is 79.4 Å². The third-order valence-electron chi connectivity index (χ3n) is 3.15. The van der Waals surface area contributed by atoms with Crippen LogP contribution in [0.25, 0.3) is 0 Å². The lowest BCUT2D eigenvalue weighted by molar-refractivity contribution is 0.111. The summed E-state index contributed by atoms with van der Waals surface area (Å²) in [5.74, 6) is -0.221. The Morgan fingerprint density at radius 3 is 2.58 bits per heavy atom. The third kappa shape index (κ3) is 6.17. The van der Waals surface area contributed by atoms with Crippen LogP contribution >= 0.6 is 0 Å². The van der Waals surface area contributed by atoms with Crippen molar-refractivity contribution in [2.24, 2.45) is 0 Å². The van der Waals surface area contributed by atoms with Gasteiger partial charge in [-0.3, -0.25) is 0 Å². The van der Waals surface area contributed by atoms with Gasteiger partial charge in [-0.1, -0.05) is 6.92 Å². The zero-order valence-corrected chi connectivity index (χ0v) is 15.3.